The van der Waals surface area contributed by atoms with Gasteiger partial charge >= 0.3 is 0 Å². The lowest BCUT2D eigenvalue weighted by Gasteiger charge is -2.44. The van der Waals surface area contributed by atoms with E-state index in [0.717, 1.165) is 38.3 Å². The van der Waals surface area contributed by atoms with E-state index in [1.165, 1.54) is 16.7 Å². The first-order valence-electron chi connectivity index (χ1n) is 7.71. The lowest BCUT2D eigenvalue weighted by molar-refractivity contribution is 0.0252. The average molecular weight is 347 g/mol. The summed E-state index contributed by atoms with van der Waals surface area (Å²) in [5.41, 5.74) is 3.92. The van der Waals surface area contributed by atoms with Crippen LogP contribution in [-0.4, -0.2) is 36.7 Å². The van der Waals surface area contributed by atoms with Crippen LogP contribution in [0.2, 0.25) is 0 Å². The van der Waals surface area contributed by atoms with E-state index in [0.29, 0.717) is 6.04 Å². The van der Waals surface area contributed by atoms with E-state index in [1.807, 2.05) is 0 Å². The van der Waals surface area contributed by atoms with Crippen molar-refractivity contribution in [2.24, 2.45) is 0 Å². The van der Waals surface area contributed by atoms with E-state index < -0.39 is 0 Å². The average Bonchev–Trinajstić information content (AvgIpc) is 2.40. The molecule has 1 aromatic carbocycles. The van der Waals surface area contributed by atoms with Gasteiger partial charge in [-0.3, -0.25) is 4.90 Å². The van der Waals surface area contributed by atoms with Crippen molar-refractivity contribution < 1.29 is 4.74 Å². The molecule has 1 N–H and O–H groups in total. The number of nitrogens with one attached hydrogen (secondary N) is 1. The van der Waals surface area contributed by atoms with Gasteiger partial charge in [0.2, 0.25) is 0 Å². The van der Waals surface area contributed by atoms with Crippen molar-refractivity contribution in [3.05, 3.63) is 28.8 Å². The van der Waals surface area contributed by atoms with Crippen LogP contribution in [0.5, 0.6) is 5.75 Å². The number of benzene rings is 1. The Morgan fingerprint density at radius 2 is 1.77 bits per heavy atom. The quantitative estimate of drug-likeness (QED) is 0.839. The van der Waals surface area contributed by atoms with Gasteiger partial charge < -0.3 is 10.1 Å². The number of halogens is 2. The van der Waals surface area contributed by atoms with E-state index in [2.05, 4.69) is 50.0 Å². The monoisotopic (exact) mass is 346 g/mol. The first-order chi connectivity index (χ1) is 9.46. The van der Waals surface area contributed by atoms with Crippen LogP contribution in [0.25, 0.3) is 0 Å². The third kappa shape index (κ3) is 3.88. The van der Waals surface area contributed by atoms with Crippen LogP contribution in [0.15, 0.2) is 12.1 Å². The molecule has 2 aliphatic heterocycles. The third-order valence-electron chi connectivity index (χ3n) is 4.46. The molecule has 22 heavy (non-hydrogen) atoms. The summed E-state index contributed by atoms with van der Waals surface area (Å²) in [7, 11) is 0. The highest BCUT2D eigenvalue weighted by Crippen LogP contribution is 2.44. The number of aryl methyl sites for hydroxylation is 2. The fourth-order valence-electron chi connectivity index (χ4n) is 3.59. The maximum absolute atomic E-state index is 6.28. The Balaban J connectivity index is 0.00000121. The number of ether oxygens (including phenoxy) is 1. The number of rotatable bonds is 1. The molecule has 1 fully saturated rings. The molecule has 3 rings (SSSR count). The van der Waals surface area contributed by atoms with E-state index >= 15 is 0 Å². The number of piperazine rings is 1. The predicted octanol–water partition coefficient (Wildman–Crippen LogP) is 3.65. The first kappa shape index (κ1) is 19.6. The highest BCUT2D eigenvalue weighted by Gasteiger charge is 2.37. The number of fused-ring (bicyclic) bond motifs is 1. The molecule has 2 aliphatic rings. The van der Waals surface area contributed by atoms with Crippen LogP contribution in [0.3, 0.4) is 0 Å². The molecular weight excluding hydrogens is 319 g/mol. The standard InChI is InChI=1S/C17H26N2O.2ClH/c1-12-9-13(2)16-14(10-12)15(11-17(3,4)20-16)19-7-5-18-6-8-19;;/h9-10,15,18H,5-8,11H2,1-4H3;2*1H. The van der Waals surface area contributed by atoms with Gasteiger partial charge in [0.15, 0.2) is 0 Å². The smallest absolute Gasteiger partial charge is 0.127 e. The zero-order chi connectivity index (χ0) is 14.3. The predicted molar refractivity (Wildman–Crippen MR) is 96.9 cm³/mol. The fraction of sp³-hybridized carbons (Fsp3) is 0.647. The van der Waals surface area contributed by atoms with Gasteiger partial charge in [-0.25, -0.2) is 0 Å². The maximum atomic E-state index is 6.28. The second-order valence-corrected chi connectivity index (χ2v) is 6.87. The molecule has 2 heterocycles. The Hall–Kier alpha value is -0.480. The molecule has 126 valence electrons. The van der Waals surface area contributed by atoms with Crippen molar-refractivity contribution in [2.45, 2.75) is 45.8 Å². The lowest BCUT2D eigenvalue weighted by Crippen LogP contribution is -2.49. The summed E-state index contributed by atoms with van der Waals surface area (Å²) in [6, 6.07) is 5.05. The third-order valence-corrected chi connectivity index (χ3v) is 4.46. The zero-order valence-corrected chi connectivity index (χ0v) is 15.6. The van der Waals surface area contributed by atoms with E-state index in [9.17, 15) is 0 Å². The van der Waals surface area contributed by atoms with Crippen molar-refractivity contribution in [1.82, 2.24) is 10.2 Å². The van der Waals surface area contributed by atoms with Crippen LogP contribution in [0, 0.1) is 13.8 Å². The molecule has 0 bridgehead atoms. The van der Waals surface area contributed by atoms with Crippen molar-refractivity contribution in [2.75, 3.05) is 26.2 Å². The summed E-state index contributed by atoms with van der Waals surface area (Å²) in [5.74, 6) is 1.12. The zero-order valence-electron chi connectivity index (χ0n) is 13.9. The summed E-state index contributed by atoms with van der Waals surface area (Å²) < 4.78 is 6.28. The maximum Gasteiger partial charge on any atom is 0.127 e. The minimum atomic E-state index is -0.0808. The second-order valence-electron chi connectivity index (χ2n) is 6.87. The van der Waals surface area contributed by atoms with Gasteiger partial charge in [0.25, 0.3) is 0 Å². The minimum absolute atomic E-state index is 0. The van der Waals surface area contributed by atoms with E-state index in [-0.39, 0.29) is 30.4 Å². The largest absolute Gasteiger partial charge is 0.487 e. The van der Waals surface area contributed by atoms with Crippen LogP contribution < -0.4 is 10.1 Å². The molecule has 3 nitrogen and oxygen atoms in total. The van der Waals surface area contributed by atoms with Gasteiger partial charge in [-0.15, -0.1) is 24.8 Å². The molecule has 0 spiro atoms. The number of nitrogens with zero attached hydrogens (tertiary/aromatic N) is 1. The molecular formula is C17H28Cl2N2O. The van der Waals surface area contributed by atoms with Crippen molar-refractivity contribution >= 4 is 24.8 Å². The Bertz CT molecular complexity index is 514. The van der Waals surface area contributed by atoms with Crippen molar-refractivity contribution in [3.8, 4) is 5.75 Å². The van der Waals surface area contributed by atoms with Gasteiger partial charge in [-0.2, -0.15) is 0 Å². The van der Waals surface area contributed by atoms with Gasteiger partial charge in [0.05, 0.1) is 0 Å². The summed E-state index contributed by atoms with van der Waals surface area (Å²) >= 11 is 0. The normalized spacial score (nSPS) is 23.5. The van der Waals surface area contributed by atoms with Gasteiger partial charge in [0.1, 0.15) is 11.4 Å². The molecule has 1 atom stereocenters. The fourth-order valence-corrected chi connectivity index (χ4v) is 3.59. The SMILES string of the molecule is Cc1cc(C)c2c(c1)C(N1CCNCC1)CC(C)(C)O2.Cl.Cl. The van der Waals surface area contributed by atoms with Gasteiger partial charge in [-0.05, 0) is 33.3 Å². The van der Waals surface area contributed by atoms with Gasteiger partial charge in [-0.1, -0.05) is 17.7 Å². The second kappa shape index (κ2) is 7.39. The van der Waals surface area contributed by atoms with Crippen LogP contribution in [0.4, 0.5) is 0 Å². The summed E-state index contributed by atoms with van der Waals surface area (Å²) in [6.45, 7) is 13.2. The molecule has 0 aliphatic carbocycles. The molecule has 1 unspecified atom stereocenters. The highest BCUT2D eigenvalue weighted by atomic mass is 35.5. The molecule has 1 saturated heterocycles. The van der Waals surface area contributed by atoms with Crippen LogP contribution in [0.1, 0.15) is 43.0 Å². The Morgan fingerprint density at radius 3 is 2.41 bits per heavy atom. The van der Waals surface area contributed by atoms with Crippen molar-refractivity contribution in [3.63, 3.8) is 0 Å². The van der Waals surface area contributed by atoms with E-state index in [1.54, 1.807) is 0 Å². The van der Waals surface area contributed by atoms with Crippen LogP contribution in [-0.2, 0) is 0 Å². The minimum Gasteiger partial charge on any atom is -0.487 e. The summed E-state index contributed by atoms with van der Waals surface area (Å²) in [4.78, 5) is 2.62. The topological polar surface area (TPSA) is 24.5 Å². The number of hydrogen-bond acceptors (Lipinski definition) is 3. The van der Waals surface area contributed by atoms with Gasteiger partial charge in [0, 0.05) is 44.2 Å². The summed E-state index contributed by atoms with van der Waals surface area (Å²) in [5, 5.41) is 3.45. The molecule has 0 amide bonds. The first-order valence-corrected chi connectivity index (χ1v) is 7.71. The van der Waals surface area contributed by atoms with Crippen molar-refractivity contribution in [1.29, 1.82) is 0 Å². The lowest BCUT2D eigenvalue weighted by atomic mass is 9.86. The highest BCUT2D eigenvalue weighted by molar-refractivity contribution is 5.85. The Kier molecular flexibility index (Phi) is 6.58. The molecule has 1 aromatic rings. The Labute approximate surface area is 146 Å². The van der Waals surface area contributed by atoms with E-state index in [4.69, 9.17) is 4.74 Å². The van der Waals surface area contributed by atoms with Crippen LogP contribution >= 0.6 is 24.8 Å². The number of hydrogen-bond donors (Lipinski definition) is 1. The molecule has 0 radical (unpaired) electrons. The summed E-state index contributed by atoms with van der Waals surface area (Å²) in [6.07, 6.45) is 1.07. The molecule has 5 heteroatoms. The Morgan fingerprint density at radius 1 is 1.14 bits per heavy atom. The molecule has 0 saturated carbocycles. The molecule has 0 aromatic heterocycles.